The molecule has 0 saturated heterocycles. The van der Waals surface area contributed by atoms with Gasteiger partial charge in [-0.25, -0.2) is 4.98 Å². The maximum Gasteiger partial charge on any atom is 0.227 e. The molecule has 2 heterocycles. The van der Waals surface area contributed by atoms with Crippen molar-refractivity contribution < 1.29 is 4.74 Å². The first-order valence-electron chi connectivity index (χ1n) is 6.50. The first kappa shape index (κ1) is 13.8. The number of hydrogen-bond acceptors (Lipinski definition) is 5. The molecule has 5 heteroatoms. The summed E-state index contributed by atoms with van der Waals surface area (Å²) in [4.78, 5) is 11.1. The van der Waals surface area contributed by atoms with E-state index in [0.717, 1.165) is 29.5 Å². The van der Waals surface area contributed by atoms with Gasteiger partial charge in [0.2, 0.25) is 11.8 Å². The monoisotopic (exact) mass is 277 g/mol. The molecule has 0 atom stereocenters. The van der Waals surface area contributed by atoms with Gasteiger partial charge in [0, 0.05) is 11.9 Å². The summed E-state index contributed by atoms with van der Waals surface area (Å²) in [5.41, 5.74) is 0. The van der Waals surface area contributed by atoms with E-state index in [1.807, 2.05) is 13.1 Å². The largest absolute Gasteiger partial charge is 0.477 e. The van der Waals surface area contributed by atoms with Crippen LogP contribution in [-0.4, -0.2) is 23.6 Å². The minimum Gasteiger partial charge on any atom is -0.477 e. The average molecular weight is 277 g/mol. The number of thiophene rings is 1. The van der Waals surface area contributed by atoms with Gasteiger partial charge in [-0.3, -0.25) is 0 Å². The van der Waals surface area contributed by atoms with Gasteiger partial charge >= 0.3 is 0 Å². The van der Waals surface area contributed by atoms with E-state index in [9.17, 15) is 0 Å². The lowest BCUT2D eigenvalue weighted by molar-refractivity contribution is 0.304. The van der Waals surface area contributed by atoms with Crippen LogP contribution in [0.25, 0.3) is 10.2 Å². The van der Waals surface area contributed by atoms with E-state index in [1.54, 1.807) is 11.3 Å². The summed E-state index contributed by atoms with van der Waals surface area (Å²) < 4.78 is 5.79. The van der Waals surface area contributed by atoms with E-state index >= 15 is 0 Å². The van der Waals surface area contributed by atoms with Gasteiger partial charge in [0.1, 0.15) is 4.83 Å². The number of fused-ring (bicyclic) bond motifs is 1. The highest BCUT2D eigenvalue weighted by Gasteiger charge is 2.11. The summed E-state index contributed by atoms with van der Waals surface area (Å²) in [6.07, 6.45) is 4.81. The van der Waals surface area contributed by atoms with Crippen LogP contribution in [0.15, 0.2) is 18.7 Å². The molecular weight excluding hydrogens is 258 g/mol. The van der Waals surface area contributed by atoms with Gasteiger partial charge in [0.15, 0.2) is 0 Å². The second-order valence-electron chi connectivity index (χ2n) is 4.17. The molecule has 0 aliphatic rings. The molecule has 0 unspecified atom stereocenters. The van der Waals surface area contributed by atoms with E-state index < -0.39 is 0 Å². The number of allylic oxidation sites excluding steroid dienone is 1. The summed E-state index contributed by atoms with van der Waals surface area (Å²) in [6.45, 7) is 6.50. The lowest BCUT2D eigenvalue weighted by Crippen LogP contribution is -2.02. The Morgan fingerprint density at radius 3 is 3.00 bits per heavy atom. The third kappa shape index (κ3) is 3.23. The number of aryl methyl sites for hydroxylation is 1. The SMILES string of the molecule is C=CCCCOc1nc(NC)nc2sc(CC)cc12. The highest BCUT2D eigenvalue weighted by Crippen LogP contribution is 2.31. The zero-order chi connectivity index (χ0) is 13.7. The van der Waals surface area contributed by atoms with Crippen LogP contribution in [0.5, 0.6) is 5.88 Å². The van der Waals surface area contributed by atoms with Crippen LogP contribution in [0.4, 0.5) is 5.95 Å². The third-order valence-electron chi connectivity index (χ3n) is 2.77. The van der Waals surface area contributed by atoms with Gasteiger partial charge in [0.05, 0.1) is 12.0 Å². The smallest absolute Gasteiger partial charge is 0.227 e. The van der Waals surface area contributed by atoms with Gasteiger partial charge in [-0.15, -0.1) is 17.9 Å². The van der Waals surface area contributed by atoms with Crippen molar-refractivity contribution in [2.24, 2.45) is 0 Å². The Labute approximate surface area is 117 Å². The van der Waals surface area contributed by atoms with Crippen molar-refractivity contribution in [1.29, 1.82) is 0 Å². The molecular formula is C14H19N3OS. The topological polar surface area (TPSA) is 47.0 Å². The summed E-state index contributed by atoms with van der Waals surface area (Å²) in [5, 5.41) is 3.99. The molecule has 4 nitrogen and oxygen atoms in total. The number of ether oxygens (including phenoxy) is 1. The maximum absolute atomic E-state index is 5.79. The standard InChI is InChI=1S/C14H19N3OS/c1-4-6-7-8-18-12-11-9-10(5-2)19-13(11)17-14(15-3)16-12/h4,9H,1,5-8H2,2-3H3,(H,15,16,17). The Morgan fingerprint density at radius 2 is 2.32 bits per heavy atom. The lowest BCUT2D eigenvalue weighted by atomic mass is 10.3. The Balaban J connectivity index is 2.27. The van der Waals surface area contributed by atoms with E-state index in [1.165, 1.54) is 4.88 Å². The number of anilines is 1. The first-order chi connectivity index (χ1) is 9.28. The molecule has 0 bridgehead atoms. The van der Waals surface area contributed by atoms with Crippen LogP contribution in [0, 0.1) is 0 Å². The fraction of sp³-hybridized carbons (Fsp3) is 0.429. The fourth-order valence-corrected chi connectivity index (χ4v) is 2.70. The molecule has 0 radical (unpaired) electrons. The predicted molar refractivity (Wildman–Crippen MR) is 81.3 cm³/mol. The summed E-state index contributed by atoms with van der Waals surface area (Å²) in [6, 6.07) is 2.13. The zero-order valence-electron chi connectivity index (χ0n) is 11.4. The number of unbranched alkanes of at least 4 members (excludes halogenated alkanes) is 1. The highest BCUT2D eigenvalue weighted by atomic mass is 32.1. The van der Waals surface area contributed by atoms with Crippen molar-refractivity contribution in [2.75, 3.05) is 19.0 Å². The van der Waals surface area contributed by atoms with E-state index in [4.69, 9.17) is 4.74 Å². The Hall–Kier alpha value is -1.62. The molecule has 102 valence electrons. The van der Waals surface area contributed by atoms with Crippen LogP contribution in [0.2, 0.25) is 0 Å². The Kier molecular flexibility index (Phi) is 4.74. The highest BCUT2D eigenvalue weighted by molar-refractivity contribution is 7.18. The molecule has 0 saturated carbocycles. The van der Waals surface area contributed by atoms with Crippen LogP contribution >= 0.6 is 11.3 Å². The Morgan fingerprint density at radius 1 is 1.47 bits per heavy atom. The van der Waals surface area contributed by atoms with Crippen molar-refractivity contribution in [2.45, 2.75) is 26.2 Å². The molecule has 0 aliphatic carbocycles. The number of nitrogens with one attached hydrogen (secondary N) is 1. The minimum atomic E-state index is 0.607. The zero-order valence-corrected chi connectivity index (χ0v) is 12.2. The summed E-state index contributed by atoms with van der Waals surface area (Å²) in [5.74, 6) is 1.28. The van der Waals surface area contributed by atoms with Crippen LogP contribution < -0.4 is 10.1 Å². The number of hydrogen-bond donors (Lipinski definition) is 1. The molecule has 1 N–H and O–H groups in total. The molecule has 2 rings (SSSR count). The number of nitrogens with zero attached hydrogens (tertiary/aromatic N) is 2. The van der Waals surface area contributed by atoms with E-state index in [-0.39, 0.29) is 0 Å². The van der Waals surface area contributed by atoms with E-state index in [0.29, 0.717) is 18.4 Å². The Bertz CT molecular complexity index is 565. The van der Waals surface area contributed by atoms with Crippen LogP contribution in [0.1, 0.15) is 24.6 Å². The quantitative estimate of drug-likeness (QED) is 0.620. The van der Waals surface area contributed by atoms with Crippen molar-refractivity contribution in [3.63, 3.8) is 0 Å². The van der Waals surface area contributed by atoms with E-state index in [2.05, 4.69) is 34.9 Å². The number of aromatic nitrogens is 2. The van der Waals surface area contributed by atoms with Crippen molar-refractivity contribution in [1.82, 2.24) is 9.97 Å². The first-order valence-corrected chi connectivity index (χ1v) is 7.32. The molecule has 0 amide bonds. The molecule has 0 fully saturated rings. The van der Waals surface area contributed by atoms with Gasteiger partial charge in [-0.2, -0.15) is 4.98 Å². The van der Waals surface area contributed by atoms with Gasteiger partial charge in [-0.1, -0.05) is 13.0 Å². The lowest BCUT2D eigenvalue weighted by Gasteiger charge is -2.07. The van der Waals surface area contributed by atoms with Crippen LogP contribution in [0.3, 0.4) is 0 Å². The second kappa shape index (κ2) is 6.52. The van der Waals surface area contributed by atoms with Gasteiger partial charge in [0.25, 0.3) is 0 Å². The third-order valence-corrected chi connectivity index (χ3v) is 3.95. The molecule has 2 aromatic heterocycles. The van der Waals surface area contributed by atoms with Gasteiger partial charge < -0.3 is 10.1 Å². The average Bonchev–Trinajstić information content (AvgIpc) is 2.86. The van der Waals surface area contributed by atoms with Crippen molar-refractivity contribution in [3.8, 4) is 5.88 Å². The van der Waals surface area contributed by atoms with Crippen LogP contribution in [-0.2, 0) is 6.42 Å². The fourth-order valence-electron chi connectivity index (χ4n) is 1.74. The molecule has 0 spiro atoms. The molecule has 0 aliphatic heterocycles. The minimum absolute atomic E-state index is 0.607. The molecule has 19 heavy (non-hydrogen) atoms. The maximum atomic E-state index is 5.79. The van der Waals surface area contributed by atoms with Gasteiger partial charge in [-0.05, 0) is 25.3 Å². The van der Waals surface area contributed by atoms with Crippen molar-refractivity contribution >= 4 is 27.5 Å². The predicted octanol–water partition coefficient (Wildman–Crippen LogP) is 3.64. The summed E-state index contributed by atoms with van der Waals surface area (Å²) >= 11 is 1.70. The second-order valence-corrected chi connectivity index (χ2v) is 5.28. The molecule has 0 aromatic carbocycles. The van der Waals surface area contributed by atoms with Crippen molar-refractivity contribution in [3.05, 3.63) is 23.6 Å². The molecule has 2 aromatic rings. The normalized spacial score (nSPS) is 10.6. The summed E-state index contributed by atoms with van der Waals surface area (Å²) in [7, 11) is 1.82. The number of rotatable bonds is 7.